The van der Waals surface area contributed by atoms with Crippen molar-refractivity contribution >= 4 is 49.6 Å². The number of aromatic carboxylic acids is 1. The summed E-state index contributed by atoms with van der Waals surface area (Å²) in [7, 11) is 0. The zero-order valence-corrected chi connectivity index (χ0v) is 28.0. The minimum Gasteiger partial charge on any atom is -0.477 e. The van der Waals surface area contributed by atoms with Gasteiger partial charge in [0.2, 0.25) is 0 Å². The van der Waals surface area contributed by atoms with Gasteiger partial charge in [-0.2, -0.15) is 0 Å². The van der Waals surface area contributed by atoms with Gasteiger partial charge in [0.1, 0.15) is 17.3 Å². The Morgan fingerprint density at radius 1 is 0.417 bits per heavy atom. The number of rotatable bonds is 3. The van der Waals surface area contributed by atoms with E-state index in [9.17, 15) is 4.79 Å². The average Bonchev–Trinajstić information content (AvgIpc) is 3.66. The van der Waals surface area contributed by atoms with Crippen LogP contribution in [0.3, 0.4) is 0 Å². The van der Waals surface area contributed by atoms with E-state index < -0.39 is 5.97 Å². The van der Waals surface area contributed by atoms with Crippen LogP contribution in [-0.2, 0) is 20.1 Å². The first-order valence-electron chi connectivity index (χ1n) is 15.1. The second-order valence-electron chi connectivity index (χ2n) is 10.6. The zero-order valence-electron chi connectivity index (χ0n) is 25.6. The van der Waals surface area contributed by atoms with Crippen molar-refractivity contribution in [2.75, 3.05) is 0 Å². The van der Waals surface area contributed by atoms with Gasteiger partial charge in [0.25, 0.3) is 0 Å². The fraction of sp³-hybridized carbons (Fsp3) is 0. The number of aromatic nitrogens is 5. The molecule has 0 fully saturated rings. The molecule has 0 saturated carbocycles. The Kier molecular flexibility index (Phi) is 9.77. The van der Waals surface area contributed by atoms with Gasteiger partial charge in [-0.25, -0.2) is 19.7 Å². The fourth-order valence-corrected chi connectivity index (χ4v) is 5.80. The summed E-state index contributed by atoms with van der Waals surface area (Å²) in [6.07, 6.45) is 5.11. The van der Waals surface area contributed by atoms with Crippen LogP contribution in [0.5, 0.6) is 0 Å². The first-order chi connectivity index (χ1) is 23.2. The fourth-order valence-electron chi connectivity index (χ4n) is 5.80. The Hall–Kier alpha value is -5.95. The van der Waals surface area contributed by atoms with E-state index in [-0.39, 0.29) is 25.8 Å². The van der Waals surface area contributed by atoms with Gasteiger partial charge in [-0.3, -0.25) is 9.13 Å². The molecule has 5 aromatic heterocycles. The van der Waals surface area contributed by atoms with Crippen LogP contribution in [0.1, 0.15) is 10.5 Å². The summed E-state index contributed by atoms with van der Waals surface area (Å²) >= 11 is 0. The summed E-state index contributed by atoms with van der Waals surface area (Å²) < 4.78 is 4.43. The van der Waals surface area contributed by atoms with Crippen molar-refractivity contribution in [3.8, 4) is 11.6 Å². The van der Waals surface area contributed by atoms with Crippen LogP contribution in [0.2, 0.25) is 0 Å². The molecule has 7 nitrogen and oxygen atoms in total. The van der Waals surface area contributed by atoms with E-state index in [1.54, 1.807) is 12.1 Å². The third kappa shape index (κ3) is 6.35. The maximum Gasteiger partial charge on any atom is 0.354 e. The molecule has 0 aliphatic carbocycles. The molecule has 9 rings (SSSR count). The summed E-state index contributed by atoms with van der Waals surface area (Å²) in [5.74, 6) is 0.926. The van der Waals surface area contributed by atoms with Crippen LogP contribution < -0.4 is 0 Å². The molecule has 1 N–H and O–H groups in total. The van der Waals surface area contributed by atoms with Crippen molar-refractivity contribution in [3.05, 3.63) is 176 Å². The predicted octanol–water partition coefficient (Wildman–Crippen LogP) is 9.13. The molecule has 0 amide bonds. The van der Waals surface area contributed by atoms with Gasteiger partial charge in [-0.15, -0.1) is 0 Å². The monoisotopic (exact) mass is 804 g/mol. The summed E-state index contributed by atoms with van der Waals surface area (Å²) in [5.41, 5.74) is 4.87. The maximum absolute atomic E-state index is 10.1. The first kappa shape index (κ1) is 32.0. The predicted molar refractivity (Wildman–Crippen MR) is 188 cm³/mol. The number of hydrogen-bond donors (Lipinski definition) is 1. The molecule has 0 spiro atoms. The Balaban J connectivity index is 0.000000132. The normalized spacial score (nSPS) is 10.5. The molecule has 0 unspecified atom stereocenters. The molecule has 4 aromatic carbocycles. The van der Waals surface area contributed by atoms with Gasteiger partial charge in [0.15, 0.2) is 0 Å². The van der Waals surface area contributed by atoms with Gasteiger partial charge in [0, 0.05) is 60.2 Å². The number of fused-ring (bicyclic) bond motifs is 6. The van der Waals surface area contributed by atoms with E-state index in [1.807, 2.05) is 48.8 Å². The molecule has 0 aliphatic heterocycles. The van der Waals surface area contributed by atoms with Crippen LogP contribution in [0.15, 0.2) is 170 Å². The van der Waals surface area contributed by atoms with E-state index in [2.05, 4.69) is 121 Å². The topological polar surface area (TPSA) is 85.8 Å². The van der Waals surface area contributed by atoms with E-state index in [0.717, 1.165) is 11.6 Å². The molecular weight excluding hydrogens is 775 g/mol. The van der Waals surface area contributed by atoms with Gasteiger partial charge in [-0.1, -0.05) is 91.0 Å². The molecule has 9 aromatic rings. The number of benzene rings is 4. The van der Waals surface area contributed by atoms with E-state index in [4.69, 9.17) is 5.11 Å². The smallest absolute Gasteiger partial charge is 0.354 e. The zero-order chi connectivity index (χ0) is 32.0. The van der Waals surface area contributed by atoms with E-state index >= 15 is 0 Å². The van der Waals surface area contributed by atoms with Crippen molar-refractivity contribution in [1.29, 1.82) is 0 Å². The summed E-state index contributed by atoms with van der Waals surface area (Å²) in [6, 6.07) is 50.6. The van der Waals surface area contributed by atoms with Gasteiger partial charge < -0.3 is 5.11 Å². The van der Waals surface area contributed by atoms with Gasteiger partial charge in [0.05, 0.1) is 22.1 Å². The summed E-state index contributed by atoms with van der Waals surface area (Å²) in [4.78, 5) is 22.7. The molecular formula is C40H29IrN5O2. The Labute approximate surface area is 290 Å². The Morgan fingerprint density at radius 2 is 0.729 bits per heavy atom. The molecule has 0 aliphatic rings. The first-order valence-corrected chi connectivity index (χ1v) is 15.1. The minimum absolute atomic E-state index is 0. The minimum atomic E-state index is -0.990. The number of hydrogen-bond acceptors (Lipinski definition) is 4. The standard InChI is InChI=1S/2C17H12N2.C6H5NO2.Ir/c2*1-3-9-15-13(7-1)14-8-2-4-10-16(14)19(15)17-11-5-6-12-18-17;8-6(9)5-3-1-2-4-7-5;/h2*1-12H;1-4H,(H,8,9);. The number of carboxylic acid groups (broad SMARTS) is 1. The van der Waals surface area contributed by atoms with E-state index in [0.29, 0.717) is 0 Å². The molecule has 5 heterocycles. The number of para-hydroxylation sites is 4. The van der Waals surface area contributed by atoms with Crippen molar-refractivity contribution in [2.45, 2.75) is 0 Å². The van der Waals surface area contributed by atoms with Gasteiger partial charge in [-0.05, 0) is 60.7 Å². The molecule has 8 heteroatoms. The molecule has 0 bridgehead atoms. The second kappa shape index (κ2) is 14.6. The van der Waals surface area contributed by atoms with Crippen molar-refractivity contribution < 1.29 is 30.0 Å². The van der Waals surface area contributed by atoms with Crippen LogP contribution >= 0.6 is 0 Å². The molecule has 48 heavy (non-hydrogen) atoms. The van der Waals surface area contributed by atoms with Crippen LogP contribution in [0.25, 0.3) is 55.2 Å². The van der Waals surface area contributed by atoms with Gasteiger partial charge >= 0.3 is 5.97 Å². The largest absolute Gasteiger partial charge is 0.477 e. The second-order valence-corrected chi connectivity index (χ2v) is 10.6. The van der Waals surface area contributed by atoms with Crippen LogP contribution in [-0.4, -0.2) is 35.2 Å². The quantitative estimate of drug-likeness (QED) is 0.193. The Bertz CT molecular complexity index is 2190. The molecule has 1 radical (unpaired) electrons. The average molecular weight is 804 g/mol. The number of nitrogens with zero attached hydrogens (tertiary/aromatic N) is 5. The summed E-state index contributed by atoms with van der Waals surface area (Å²) in [6.45, 7) is 0. The maximum atomic E-state index is 10.1. The SMILES string of the molecule is O=C(O)c1ccccn1.[Ir].c1ccc(-n2c3ccccc3c3ccccc32)nc1.c1ccc(-n2c3ccccc3c3ccccc32)nc1. The number of pyridine rings is 3. The third-order valence-corrected chi connectivity index (χ3v) is 7.80. The van der Waals surface area contributed by atoms with Crippen LogP contribution in [0, 0.1) is 0 Å². The van der Waals surface area contributed by atoms with Crippen LogP contribution in [0.4, 0.5) is 0 Å². The summed E-state index contributed by atoms with van der Waals surface area (Å²) in [5, 5.41) is 13.4. The number of carbonyl (C=O) groups is 1. The van der Waals surface area contributed by atoms with Crippen molar-refractivity contribution in [3.63, 3.8) is 0 Å². The molecule has 0 atom stereocenters. The van der Waals surface area contributed by atoms with Crippen molar-refractivity contribution in [1.82, 2.24) is 24.1 Å². The number of carboxylic acids is 1. The van der Waals surface area contributed by atoms with E-state index in [1.165, 1.54) is 55.9 Å². The molecule has 235 valence electrons. The third-order valence-electron chi connectivity index (χ3n) is 7.80. The molecule has 0 saturated heterocycles. The Morgan fingerprint density at radius 3 is 1.00 bits per heavy atom. The van der Waals surface area contributed by atoms with Crippen molar-refractivity contribution in [2.24, 2.45) is 0 Å².